The first-order chi connectivity index (χ1) is 6.36. The van der Waals surface area contributed by atoms with Crippen LogP contribution in [-0.2, 0) is 0 Å². The molecule has 1 saturated carbocycles. The highest BCUT2D eigenvalue weighted by Crippen LogP contribution is 2.35. The van der Waals surface area contributed by atoms with E-state index < -0.39 is 6.09 Å². The molecule has 1 aliphatic carbocycles. The van der Waals surface area contributed by atoms with Gasteiger partial charge in [0.1, 0.15) is 0 Å². The van der Waals surface area contributed by atoms with E-state index in [-0.39, 0.29) is 18.2 Å². The van der Waals surface area contributed by atoms with Crippen LogP contribution in [0.1, 0.15) is 33.6 Å². The molecule has 2 N–H and O–H groups in total. The molecule has 0 bridgehead atoms. The van der Waals surface area contributed by atoms with Gasteiger partial charge in [0.2, 0.25) is 0 Å². The summed E-state index contributed by atoms with van der Waals surface area (Å²) in [6, 6.07) is 0.0876. The largest absolute Gasteiger partial charge is 0.465 e. The molecule has 4 nitrogen and oxygen atoms in total. The van der Waals surface area contributed by atoms with Gasteiger partial charge in [-0.1, -0.05) is 0 Å². The van der Waals surface area contributed by atoms with Crippen molar-refractivity contribution in [1.29, 1.82) is 0 Å². The summed E-state index contributed by atoms with van der Waals surface area (Å²) >= 11 is 0. The van der Waals surface area contributed by atoms with E-state index >= 15 is 0 Å². The molecule has 0 aromatic carbocycles. The zero-order valence-electron chi connectivity index (χ0n) is 9.03. The molecule has 1 aliphatic rings. The van der Waals surface area contributed by atoms with Gasteiger partial charge in [-0.05, 0) is 39.5 Å². The van der Waals surface area contributed by atoms with E-state index in [1.54, 1.807) is 0 Å². The molecule has 14 heavy (non-hydrogen) atoms. The maximum Gasteiger partial charge on any atom is 0.407 e. The average Bonchev–Trinajstić information content (AvgIpc) is 1.91. The number of hydrogen-bond donors (Lipinski definition) is 2. The first-order valence-electron chi connectivity index (χ1n) is 4.99. The third-order valence-electron chi connectivity index (χ3n) is 2.76. The molecule has 0 aromatic rings. The van der Waals surface area contributed by atoms with Gasteiger partial charge in [0.05, 0.1) is 0 Å². The lowest BCUT2D eigenvalue weighted by Gasteiger charge is -2.47. The van der Waals surface area contributed by atoms with Crippen molar-refractivity contribution >= 4 is 6.09 Å². The van der Waals surface area contributed by atoms with Gasteiger partial charge in [-0.2, -0.15) is 0 Å². The van der Waals surface area contributed by atoms with E-state index in [4.69, 9.17) is 10.2 Å². The summed E-state index contributed by atoms with van der Waals surface area (Å²) in [5.41, 5.74) is -0.350. The van der Waals surface area contributed by atoms with Crippen molar-refractivity contribution < 1.29 is 15.0 Å². The monoisotopic (exact) mass is 201 g/mol. The third kappa shape index (κ3) is 2.18. The SMILES string of the molecule is CC(C)(C)N(C(=O)O)C1CC(CO)C1. The highest BCUT2D eigenvalue weighted by molar-refractivity contribution is 5.66. The Morgan fingerprint density at radius 1 is 1.43 bits per heavy atom. The second-order valence-electron chi connectivity index (χ2n) is 5.00. The molecule has 0 saturated heterocycles. The summed E-state index contributed by atoms with van der Waals surface area (Å²) in [4.78, 5) is 12.5. The Morgan fingerprint density at radius 3 is 2.21 bits per heavy atom. The molecule has 0 atom stereocenters. The normalized spacial score (nSPS) is 26.9. The first kappa shape index (κ1) is 11.3. The molecule has 0 aromatic heterocycles. The highest BCUT2D eigenvalue weighted by Gasteiger charge is 2.40. The minimum Gasteiger partial charge on any atom is -0.465 e. The topological polar surface area (TPSA) is 60.8 Å². The molecule has 0 aliphatic heterocycles. The van der Waals surface area contributed by atoms with E-state index in [1.807, 2.05) is 20.8 Å². The number of aliphatic hydroxyl groups excluding tert-OH is 1. The van der Waals surface area contributed by atoms with Crippen LogP contribution in [0.25, 0.3) is 0 Å². The van der Waals surface area contributed by atoms with Gasteiger partial charge in [0.25, 0.3) is 0 Å². The molecule has 82 valence electrons. The van der Waals surface area contributed by atoms with Crippen molar-refractivity contribution in [3.8, 4) is 0 Å². The van der Waals surface area contributed by atoms with E-state index in [0.717, 1.165) is 12.8 Å². The standard InChI is InChI=1S/C10H19NO3/c1-10(2,3)11(9(13)14)8-4-7(5-8)6-12/h7-8,12H,4-6H2,1-3H3,(H,13,14). The molecule has 1 amide bonds. The first-order valence-corrected chi connectivity index (χ1v) is 4.99. The number of carbonyl (C=O) groups is 1. The summed E-state index contributed by atoms with van der Waals surface area (Å²) in [5.74, 6) is 0.296. The fraction of sp³-hybridized carbons (Fsp3) is 0.900. The molecule has 1 rings (SSSR count). The summed E-state index contributed by atoms with van der Waals surface area (Å²) in [6.45, 7) is 5.86. The number of amides is 1. The van der Waals surface area contributed by atoms with Crippen molar-refractivity contribution in [3.05, 3.63) is 0 Å². The molecular formula is C10H19NO3. The third-order valence-corrected chi connectivity index (χ3v) is 2.76. The lowest BCUT2D eigenvalue weighted by Crippen LogP contribution is -2.56. The van der Waals surface area contributed by atoms with Crippen LogP contribution in [0, 0.1) is 5.92 Å². The van der Waals surface area contributed by atoms with Gasteiger partial charge in [0, 0.05) is 18.2 Å². The Balaban J connectivity index is 2.59. The van der Waals surface area contributed by atoms with Crippen LogP contribution in [-0.4, -0.2) is 39.4 Å². The molecule has 0 unspecified atom stereocenters. The smallest absolute Gasteiger partial charge is 0.407 e. The van der Waals surface area contributed by atoms with Crippen LogP contribution in [0.15, 0.2) is 0 Å². The summed E-state index contributed by atoms with van der Waals surface area (Å²) in [7, 11) is 0. The van der Waals surface area contributed by atoms with Crippen molar-refractivity contribution in [2.75, 3.05) is 6.61 Å². The minimum absolute atomic E-state index is 0.0876. The summed E-state index contributed by atoms with van der Waals surface area (Å²) in [5, 5.41) is 17.9. The fourth-order valence-electron chi connectivity index (χ4n) is 2.05. The van der Waals surface area contributed by atoms with Crippen molar-refractivity contribution in [1.82, 2.24) is 4.90 Å². The second kappa shape index (κ2) is 3.77. The number of nitrogens with zero attached hydrogens (tertiary/aromatic N) is 1. The zero-order chi connectivity index (χ0) is 10.9. The molecule has 0 spiro atoms. The lowest BCUT2D eigenvalue weighted by molar-refractivity contribution is 0.00346. The van der Waals surface area contributed by atoms with E-state index in [1.165, 1.54) is 4.90 Å². The molecule has 0 radical (unpaired) electrons. The molecular weight excluding hydrogens is 182 g/mol. The average molecular weight is 201 g/mol. The van der Waals surface area contributed by atoms with Gasteiger partial charge < -0.3 is 15.1 Å². The Bertz CT molecular complexity index is 216. The maximum atomic E-state index is 11.0. The predicted molar refractivity (Wildman–Crippen MR) is 53.2 cm³/mol. The molecule has 4 heteroatoms. The van der Waals surface area contributed by atoms with Gasteiger partial charge in [0.15, 0.2) is 0 Å². The van der Waals surface area contributed by atoms with Crippen LogP contribution in [0.2, 0.25) is 0 Å². The van der Waals surface area contributed by atoms with Gasteiger partial charge in [-0.25, -0.2) is 4.79 Å². The van der Waals surface area contributed by atoms with Crippen LogP contribution < -0.4 is 0 Å². The minimum atomic E-state index is -0.862. The van der Waals surface area contributed by atoms with E-state index in [2.05, 4.69) is 0 Å². The second-order valence-corrected chi connectivity index (χ2v) is 5.00. The number of hydrogen-bond acceptors (Lipinski definition) is 2. The quantitative estimate of drug-likeness (QED) is 0.712. The Hall–Kier alpha value is -0.770. The number of carboxylic acid groups (broad SMARTS) is 1. The summed E-state index contributed by atoms with van der Waals surface area (Å²) in [6.07, 6.45) is 0.721. The van der Waals surface area contributed by atoms with Crippen LogP contribution >= 0.6 is 0 Å². The predicted octanol–water partition coefficient (Wildman–Crippen LogP) is 1.54. The van der Waals surface area contributed by atoms with E-state index in [9.17, 15) is 4.79 Å². The molecule has 0 heterocycles. The number of rotatable bonds is 2. The van der Waals surface area contributed by atoms with Crippen LogP contribution in [0.4, 0.5) is 4.79 Å². The Kier molecular flexibility index (Phi) is 3.04. The van der Waals surface area contributed by atoms with E-state index in [0.29, 0.717) is 5.92 Å². The van der Waals surface area contributed by atoms with Crippen molar-refractivity contribution in [2.24, 2.45) is 5.92 Å². The van der Waals surface area contributed by atoms with Crippen LogP contribution in [0.5, 0.6) is 0 Å². The van der Waals surface area contributed by atoms with Gasteiger partial charge in [-0.3, -0.25) is 0 Å². The van der Waals surface area contributed by atoms with Crippen molar-refractivity contribution in [3.63, 3.8) is 0 Å². The lowest BCUT2D eigenvalue weighted by atomic mass is 9.78. The highest BCUT2D eigenvalue weighted by atomic mass is 16.4. The Labute approximate surface area is 84.5 Å². The Morgan fingerprint density at radius 2 is 1.93 bits per heavy atom. The number of aliphatic hydroxyl groups is 1. The fourth-order valence-corrected chi connectivity index (χ4v) is 2.05. The molecule has 1 fully saturated rings. The van der Waals surface area contributed by atoms with Crippen LogP contribution in [0.3, 0.4) is 0 Å². The van der Waals surface area contributed by atoms with Gasteiger partial charge in [-0.15, -0.1) is 0 Å². The maximum absolute atomic E-state index is 11.0. The van der Waals surface area contributed by atoms with Gasteiger partial charge >= 0.3 is 6.09 Å². The zero-order valence-corrected chi connectivity index (χ0v) is 9.03. The van der Waals surface area contributed by atoms with Crippen molar-refractivity contribution in [2.45, 2.75) is 45.2 Å². The summed E-state index contributed by atoms with van der Waals surface area (Å²) < 4.78 is 0.